The fourth-order valence-electron chi connectivity index (χ4n) is 0.425. The molecular formula is C7H18N2O. The van der Waals surface area contributed by atoms with Crippen LogP contribution in [0.1, 0.15) is 20.8 Å². The van der Waals surface area contributed by atoms with Crippen LogP contribution < -0.4 is 11.5 Å². The van der Waals surface area contributed by atoms with E-state index in [1.165, 1.54) is 0 Å². The van der Waals surface area contributed by atoms with Gasteiger partial charge in [0.15, 0.2) is 0 Å². The maximum Gasteiger partial charge on any atom is 0.0637 e. The van der Waals surface area contributed by atoms with Crippen molar-refractivity contribution in [1.29, 1.82) is 0 Å². The number of hydrogen-bond acceptors (Lipinski definition) is 3. The molecule has 0 saturated carbocycles. The highest BCUT2D eigenvalue weighted by molar-refractivity contribution is 4.64. The third-order valence-corrected chi connectivity index (χ3v) is 1.03. The third-order valence-electron chi connectivity index (χ3n) is 1.03. The van der Waals surface area contributed by atoms with E-state index in [0.29, 0.717) is 13.2 Å². The van der Waals surface area contributed by atoms with Gasteiger partial charge in [-0.25, -0.2) is 0 Å². The summed E-state index contributed by atoms with van der Waals surface area (Å²) < 4.78 is 5.38. The van der Waals surface area contributed by atoms with E-state index >= 15 is 0 Å². The van der Waals surface area contributed by atoms with E-state index in [2.05, 4.69) is 0 Å². The average molecular weight is 146 g/mol. The zero-order valence-corrected chi connectivity index (χ0v) is 7.05. The monoisotopic (exact) mass is 146 g/mol. The number of rotatable bonds is 3. The van der Waals surface area contributed by atoms with Crippen LogP contribution in [0.5, 0.6) is 0 Å². The maximum absolute atomic E-state index is 5.53. The molecule has 0 aliphatic carbocycles. The molecule has 0 aliphatic rings. The SMILES string of the molecule is CC(C)(C)OC[C@@H](N)CN. The molecule has 62 valence electrons. The Balaban J connectivity index is 3.36. The molecule has 0 aromatic heterocycles. The largest absolute Gasteiger partial charge is 0.374 e. The zero-order valence-electron chi connectivity index (χ0n) is 7.05. The van der Waals surface area contributed by atoms with E-state index in [9.17, 15) is 0 Å². The van der Waals surface area contributed by atoms with Crippen LogP contribution in [0.25, 0.3) is 0 Å². The van der Waals surface area contributed by atoms with Gasteiger partial charge >= 0.3 is 0 Å². The Morgan fingerprint density at radius 3 is 2.20 bits per heavy atom. The number of nitrogens with two attached hydrogens (primary N) is 2. The standard InChI is InChI=1S/C7H18N2O/c1-7(2,3)10-5-6(9)4-8/h6H,4-5,8-9H2,1-3H3/t6-/m0/s1. The van der Waals surface area contributed by atoms with Gasteiger partial charge in [-0.15, -0.1) is 0 Å². The molecule has 0 saturated heterocycles. The van der Waals surface area contributed by atoms with Crippen molar-refractivity contribution in [3.8, 4) is 0 Å². The first-order chi connectivity index (χ1) is 4.45. The highest BCUT2D eigenvalue weighted by atomic mass is 16.5. The number of ether oxygens (including phenoxy) is 1. The van der Waals surface area contributed by atoms with Crippen molar-refractivity contribution in [2.24, 2.45) is 11.5 Å². The molecule has 0 radical (unpaired) electrons. The first-order valence-corrected chi connectivity index (χ1v) is 3.55. The van der Waals surface area contributed by atoms with E-state index in [4.69, 9.17) is 16.2 Å². The minimum Gasteiger partial charge on any atom is -0.374 e. The summed E-state index contributed by atoms with van der Waals surface area (Å²) in [7, 11) is 0. The van der Waals surface area contributed by atoms with Crippen LogP contribution in [0.3, 0.4) is 0 Å². The predicted molar refractivity (Wildman–Crippen MR) is 42.7 cm³/mol. The summed E-state index contributed by atoms with van der Waals surface area (Å²) in [4.78, 5) is 0. The van der Waals surface area contributed by atoms with E-state index in [-0.39, 0.29) is 11.6 Å². The van der Waals surface area contributed by atoms with E-state index in [0.717, 1.165) is 0 Å². The van der Waals surface area contributed by atoms with Gasteiger partial charge in [0.25, 0.3) is 0 Å². The lowest BCUT2D eigenvalue weighted by atomic mass is 10.2. The highest BCUT2D eigenvalue weighted by Crippen LogP contribution is 2.05. The van der Waals surface area contributed by atoms with Crippen LogP contribution in [-0.4, -0.2) is 24.8 Å². The van der Waals surface area contributed by atoms with E-state index in [1.807, 2.05) is 20.8 Å². The van der Waals surface area contributed by atoms with Crippen molar-refractivity contribution in [1.82, 2.24) is 0 Å². The molecule has 0 aromatic rings. The van der Waals surface area contributed by atoms with Crippen molar-refractivity contribution in [3.63, 3.8) is 0 Å². The second kappa shape index (κ2) is 3.91. The van der Waals surface area contributed by atoms with Crippen LogP contribution in [0, 0.1) is 0 Å². The van der Waals surface area contributed by atoms with Gasteiger partial charge in [-0.2, -0.15) is 0 Å². The Bertz CT molecular complexity index is 88.1. The van der Waals surface area contributed by atoms with Gasteiger partial charge in [-0.3, -0.25) is 0 Å². The lowest BCUT2D eigenvalue weighted by molar-refractivity contribution is -0.00890. The summed E-state index contributed by atoms with van der Waals surface area (Å²) in [5.41, 5.74) is 10.7. The lowest BCUT2D eigenvalue weighted by Gasteiger charge is -2.21. The summed E-state index contributed by atoms with van der Waals surface area (Å²) >= 11 is 0. The molecule has 0 bridgehead atoms. The molecule has 0 unspecified atom stereocenters. The fourth-order valence-corrected chi connectivity index (χ4v) is 0.425. The molecule has 10 heavy (non-hydrogen) atoms. The van der Waals surface area contributed by atoms with Gasteiger partial charge in [-0.05, 0) is 20.8 Å². The summed E-state index contributed by atoms with van der Waals surface area (Å²) in [5.74, 6) is 0. The maximum atomic E-state index is 5.53. The van der Waals surface area contributed by atoms with E-state index < -0.39 is 0 Å². The van der Waals surface area contributed by atoms with Crippen LogP contribution in [0.4, 0.5) is 0 Å². The Hall–Kier alpha value is -0.120. The van der Waals surface area contributed by atoms with Gasteiger partial charge in [0.1, 0.15) is 0 Å². The molecule has 4 N–H and O–H groups in total. The quantitative estimate of drug-likeness (QED) is 0.593. The van der Waals surface area contributed by atoms with Crippen LogP contribution in [0.15, 0.2) is 0 Å². The molecule has 0 fully saturated rings. The smallest absolute Gasteiger partial charge is 0.0637 e. The average Bonchev–Trinajstić information content (AvgIpc) is 1.81. The Morgan fingerprint density at radius 2 is 1.90 bits per heavy atom. The zero-order chi connectivity index (χ0) is 8.20. The van der Waals surface area contributed by atoms with Crippen LogP contribution in [-0.2, 0) is 4.74 Å². The first-order valence-electron chi connectivity index (χ1n) is 3.55. The van der Waals surface area contributed by atoms with Crippen molar-refractivity contribution >= 4 is 0 Å². The molecule has 0 aromatic carbocycles. The normalized spacial score (nSPS) is 15.3. The van der Waals surface area contributed by atoms with E-state index in [1.54, 1.807) is 0 Å². The summed E-state index contributed by atoms with van der Waals surface area (Å²) in [6, 6.07) is -0.0285. The molecular weight excluding hydrogens is 128 g/mol. The lowest BCUT2D eigenvalue weighted by Crippen LogP contribution is -2.37. The van der Waals surface area contributed by atoms with Gasteiger partial charge in [0, 0.05) is 12.6 Å². The van der Waals surface area contributed by atoms with Crippen molar-refractivity contribution in [3.05, 3.63) is 0 Å². The summed E-state index contributed by atoms with van der Waals surface area (Å²) in [6.45, 7) is 7.01. The summed E-state index contributed by atoms with van der Waals surface area (Å²) in [5, 5.41) is 0. The third kappa shape index (κ3) is 6.01. The highest BCUT2D eigenvalue weighted by Gasteiger charge is 2.11. The number of hydrogen-bond donors (Lipinski definition) is 2. The van der Waals surface area contributed by atoms with Gasteiger partial charge in [0.2, 0.25) is 0 Å². The first kappa shape index (κ1) is 9.88. The van der Waals surface area contributed by atoms with Gasteiger partial charge < -0.3 is 16.2 Å². The van der Waals surface area contributed by atoms with Crippen molar-refractivity contribution in [2.45, 2.75) is 32.4 Å². The fraction of sp³-hybridized carbons (Fsp3) is 1.00. The molecule has 1 atom stereocenters. The Labute approximate surface area is 62.7 Å². The van der Waals surface area contributed by atoms with Gasteiger partial charge in [0.05, 0.1) is 12.2 Å². The predicted octanol–water partition coefficient (Wildman–Crippen LogP) is 0.0875. The molecule has 0 rings (SSSR count). The summed E-state index contributed by atoms with van der Waals surface area (Å²) in [6.07, 6.45) is 0. The van der Waals surface area contributed by atoms with Crippen molar-refractivity contribution in [2.75, 3.05) is 13.2 Å². The second-order valence-electron chi connectivity index (χ2n) is 3.42. The Kier molecular flexibility index (Phi) is 3.86. The van der Waals surface area contributed by atoms with Crippen LogP contribution in [0.2, 0.25) is 0 Å². The van der Waals surface area contributed by atoms with Gasteiger partial charge in [-0.1, -0.05) is 0 Å². The second-order valence-corrected chi connectivity index (χ2v) is 3.42. The molecule has 0 spiro atoms. The Morgan fingerprint density at radius 1 is 1.40 bits per heavy atom. The van der Waals surface area contributed by atoms with Crippen molar-refractivity contribution < 1.29 is 4.74 Å². The topological polar surface area (TPSA) is 61.3 Å². The molecule has 0 heterocycles. The molecule has 0 aliphatic heterocycles. The molecule has 0 amide bonds. The van der Waals surface area contributed by atoms with Crippen LogP contribution >= 0.6 is 0 Å². The minimum absolute atomic E-state index is 0.0285. The molecule has 3 heteroatoms. The minimum atomic E-state index is -0.104. The molecule has 3 nitrogen and oxygen atoms in total.